The van der Waals surface area contributed by atoms with Gasteiger partial charge in [0.2, 0.25) is 0 Å². The van der Waals surface area contributed by atoms with Crippen LogP contribution < -0.4 is 0 Å². The van der Waals surface area contributed by atoms with Crippen LogP contribution in [0, 0.1) is 17.3 Å². The molecule has 2 fully saturated rings. The highest BCUT2D eigenvalue weighted by Gasteiger charge is 2.57. The van der Waals surface area contributed by atoms with E-state index >= 15 is 0 Å². The van der Waals surface area contributed by atoms with Crippen molar-refractivity contribution in [1.82, 2.24) is 4.98 Å². The molecule has 7 atom stereocenters. The van der Waals surface area contributed by atoms with E-state index in [-0.39, 0.29) is 36.4 Å². The van der Waals surface area contributed by atoms with Crippen LogP contribution in [0.3, 0.4) is 0 Å². The van der Waals surface area contributed by atoms with Crippen molar-refractivity contribution in [2.24, 2.45) is 17.3 Å². The van der Waals surface area contributed by atoms with Gasteiger partial charge in [-0.1, -0.05) is 57.0 Å². The highest BCUT2D eigenvalue weighted by atomic mass is 35.5. The number of carbonyl (C=O) groups excluding carboxylic acids is 2. The number of epoxide rings is 1. The molecule has 3 rings (SSSR count). The SMILES string of the molecule is C[C@H]1COCC2(Cl)OC2C[C@@H](/C(Cl)=C/c2ccccn2)OC(=O)C[C@H](O)C(C)(C)C(=O)[C@H](C)[C@H]1O. The summed E-state index contributed by atoms with van der Waals surface area (Å²) in [5.41, 5.74) is -0.725. The number of esters is 1. The number of nitrogens with zero attached hydrogens (tertiary/aromatic N) is 1. The van der Waals surface area contributed by atoms with Gasteiger partial charge in [-0.2, -0.15) is 0 Å². The van der Waals surface area contributed by atoms with Crippen LogP contribution in [0.15, 0.2) is 29.4 Å². The first-order chi connectivity index (χ1) is 16.3. The third-order valence-electron chi connectivity index (χ3n) is 6.76. The van der Waals surface area contributed by atoms with Crippen molar-refractivity contribution in [1.29, 1.82) is 0 Å². The summed E-state index contributed by atoms with van der Waals surface area (Å²) < 4.78 is 17.0. The first kappa shape index (κ1) is 28.0. The molecule has 194 valence electrons. The van der Waals surface area contributed by atoms with Crippen molar-refractivity contribution < 1.29 is 34.0 Å². The highest BCUT2D eigenvalue weighted by Crippen LogP contribution is 2.45. The number of cyclic esters (lactones) is 1. The van der Waals surface area contributed by atoms with Crippen molar-refractivity contribution in [2.45, 2.75) is 70.0 Å². The maximum atomic E-state index is 13.1. The van der Waals surface area contributed by atoms with Crippen LogP contribution in [0.2, 0.25) is 0 Å². The van der Waals surface area contributed by atoms with Gasteiger partial charge in [0.05, 0.1) is 48.0 Å². The Kier molecular flexibility index (Phi) is 9.00. The minimum absolute atomic E-state index is 0.0467. The molecular formula is C25H33Cl2NO7. The summed E-state index contributed by atoms with van der Waals surface area (Å²) >= 11 is 13.0. The van der Waals surface area contributed by atoms with Gasteiger partial charge in [0.15, 0.2) is 5.06 Å². The van der Waals surface area contributed by atoms with E-state index in [4.69, 9.17) is 37.4 Å². The molecule has 0 saturated carbocycles. The Bertz CT molecular complexity index is 941. The molecule has 2 N–H and O–H groups in total. The molecule has 10 heteroatoms. The van der Waals surface area contributed by atoms with Crippen LogP contribution in [-0.2, 0) is 23.8 Å². The van der Waals surface area contributed by atoms with Gasteiger partial charge in [0.25, 0.3) is 0 Å². The summed E-state index contributed by atoms with van der Waals surface area (Å²) in [4.78, 5) is 30.1. The highest BCUT2D eigenvalue weighted by molar-refractivity contribution is 6.32. The number of ketones is 1. The molecule has 1 aromatic rings. The lowest BCUT2D eigenvalue weighted by molar-refractivity contribution is -0.154. The number of Topliss-reactive ketones (excluding diaryl/α,β-unsaturated/α-hetero) is 1. The van der Waals surface area contributed by atoms with Crippen LogP contribution in [0.4, 0.5) is 0 Å². The van der Waals surface area contributed by atoms with Gasteiger partial charge in [0, 0.05) is 24.5 Å². The summed E-state index contributed by atoms with van der Waals surface area (Å²) in [5, 5.41) is 20.6. The third kappa shape index (κ3) is 6.81. The Labute approximate surface area is 215 Å². The van der Waals surface area contributed by atoms with E-state index in [2.05, 4.69) is 4.98 Å². The topological polar surface area (TPSA) is 118 Å². The van der Waals surface area contributed by atoms with Crippen molar-refractivity contribution in [2.75, 3.05) is 13.2 Å². The van der Waals surface area contributed by atoms with Gasteiger partial charge < -0.3 is 24.4 Å². The fourth-order valence-electron chi connectivity index (χ4n) is 4.16. The Morgan fingerprint density at radius 2 is 1.94 bits per heavy atom. The van der Waals surface area contributed by atoms with Crippen molar-refractivity contribution in [3.05, 3.63) is 35.1 Å². The average molecular weight is 530 g/mol. The number of alkyl halides is 1. The minimum Gasteiger partial charge on any atom is -0.456 e. The van der Waals surface area contributed by atoms with Crippen LogP contribution >= 0.6 is 23.2 Å². The normalized spacial score (nSPS) is 37.3. The van der Waals surface area contributed by atoms with E-state index in [1.165, 1.54) is 0 Å². The second-order valence-corrected chi connectivity index (χ2v) is 11.0. The first-order valence-electron chi connectivity index (χ1n) is 11.7. The van der Waals surface area contributed by atoms with Crippen LogP contribution in [0.25, 0.3) is 6.08 Å². The fraction of sp³-hybridized carbons (Fsp3) is 0.640. The lowest BCUT2D eigenvalue weighted by Gasteiger charge is -2.34. The second-order valence-electron chi connectivity index (χ2n) is 9.97. The monoisotopic (exact) mass is 529 g/mol. The fourth-order valence-corrected chi connectivity index (χ4v) is 4.68. The number of aromatic nitrogens is 1. The van der Waals surface area contributed by atoms with E-state index < -0.39 is 53.2 Å². The van der Waals surface area contributed by atoms with Gasteiger partial charge in [0.1, 0.15) is 18.0 Å². The number of ether oxygens (including phenoxy) is 3. The number of rotatable bonds is 2. The van der Waals surface area contributed by atoms with Gasteiger partial charge in [-0.05, 0) is 18.2 Å². The molecule has 8 nitrogen and oxygen atoms in total. The lowest BCUT2D eigenvalue weighted by atomic mass is 9.73. The molecule has 0 amide bonds. The Morgan fingerprint density at radius 1 is 1.23 bits per heavy atom. The summed E-state index contributed by atoms with van der Waals surface area (Å²) in [6.07, 6.45) is -0.813. The van der Waals surface area contributed by atoms with Crippen LogP contribution in [-0.4, -0.2) is 69.6 Å². The number of aliphatic hydroxyl groups is 2. The molecule has 0 spiro atoms. The second kappa shape index (κ2) is 11.2. The average Bonchev–Trinajstić information content (AvgIpc) is 3.45. The Balaban J connectivity index is 1.86. The predicted octanol–water partition coefficient (Wildman–Crippen LogP) is 3.31. The van der Waals surface area contributed by atoms with Gasteiger partial charge >= 0.3 is 5.97 Å². The van der Waals surface area contributed by atoms with E-state index in [0.29, 0.717) is 5.69 Å². The molecule has 35 heavy (non-hydrogen) atoms. The molecular weight excluding hydrogens is 497 g/mol. The van der Waals surface area contributed by atoms with Gasteiger partial charge in [-0.15, -0.1) is 0 Å². The largest absolute Gasteiger partial charge is 0.456 e. The van der Waals surface area contributed by atoms with Gasteiger partial charge in [-0.3, -0.25) is 14.6 Å². The maximum absolute atomic E-state index is 13.1. The molecule has 1 aromatic heterocycles. The number of hydrogen-bond donors (Lipinski definition) is 2. The lowest BCUT2D eigenvalue weighted by Crippen LogP contribution is -2.46. The number of pyridine rings is 1. The zero-order chi connectivity index (χ0) is 26.0. The Hall–Kier alpha value is -1.55. The minimum atomic E-state index is -1.33. The molecule has 2 saturated heterocycles. The number of carbonyl (C=O) groups is 2. The third-order valence-corrected chi connectivity index (χ3v) is 7.56. The van der Waals surface area contributed by atoms with Crippen molar-refractivity contribution >= 4 is 41.0 Å². The van der Waals surface area contributed by atoms with Crippen molar-refractivity contribution in [3.63, 3.8) is 0 Å². The number of aliphatic hydroxyl groups excluding tert-OH is 2. The van der Waals surface area contributed by atoms with Crippen LogP contribution in [0.1, 0.15) is 46.2 Å². The molecule has 0 aliphatic carbocycles. The van der Waals surface area contributed by atoms with Crippen molar-refractivity contribution in [3.8, 4) is 0 Å². The molecule has 0 bridgehead atoms. The molecule has 3 heterocycles. The zero-order valence-corrected chi connectivity index (χ0v) is 21.8. The van der Waals surface area contributed by atoms with E-state index in [1.807, 2.05) is 0 Å². The Morgan fingerprint density at radius 3 is 2.60 bits per heavy atom. The summed E-state index contributed by atoms with van der Waals surface area (Å²) in [7, 11) is 0. The molecule has 2 aliphatic heterocycles. The van der Waals surface area contributed by atoms with E-state index in [9.17, 15) is 19.8 Å². The first-order valence-corrected chi connectivity index (χ1v) is 12.4. The molecule has 2 aliphatic rings. The van der Waals surface area contributed by atoms with E-state index in [0.717, 1.165) is 0 Å². The maximum Gasteiger partial charge on any atom is 0.309 e. The summed E-state index contributed by atoms with van der Waals surface area (Å²) in [6.45, 7) is 6.66. The zero-order valence-electron chi connectivity index (χ0n) is 20.3. The number of fused-ring (bicyclic) bond motifs is 1. The summed E-state index contributed by atoms with van der Waals surface area (Å²) in [5.74, 6) is -2.27. The molecule has 0 radical (unpaired) electrons. The predicted molar refractivity (Wildman–Crippen MR) is 131 cm³/mol. The molecule has 0 aromatic carbocycles. The molecule has 2 unspecified atom stereocenters. The smallest absolute Gasteiger partial charge is 0.309 e. The summed E-state index contributed by atoms with van der Waals surface area (Å²) in [6, 6.07) is 5.32. The standard InChI is InChI=1S/C25H33Cl2NO7/c1-14-12-33-13-25(27)20(35-25)10-18(17(26)9-16-7-5-6-8-28-16)34-21(30)11-19(29)24(3,4)23(32)15(2)22(14)31/h5-9,14-15,18-20,22,29,31H,10-13H2,1-4H3/b17-9-/t14-,15+,18-,19-,20?,22-,25?/m0/s1. The van der Waals surface area contributed by atoms with Crippen LogP contribution in [0.5, 0.6) is 0 Å². The number of hydrogen-bond acceptors (Lipinski definition) is 8. The quantitative estimate of drug-likeness (QED) is 0.340. The van der Waals surface area contributed by atoms with Gasteiger partial charge in [-0.25, -0.2) is 0 Å². The van der Waals surface area contributed by atoms with E-state index in [1.54, 1.807) is 58.2 Å². The number of halogens is 2.